The number of carbonyl (C=O) groups is 4. The molecule has 0 fully saturated rings. The van der Waals surface area contributed by atoms with Gasteiger partial charge < -0.3 is 38.9 Å². The first kappa shape index (κ1) is 42.5. The van der Waals surface area contributed by atoms with E-state index in [1.807, 2.05) is 47.6 Å². The number of hydrogen-bond acceptors (Lipinski definition) is 12. The third-order valence-electron chi connectivity index (χ3n) is 8.37. The normalized spacial score (nSPS) is 11.6. The summed E-state index contributed by atoms with van der Waals surface area (Å²) in [4.78, 5) is 48.3. The summed E-state index contributed by atoms with van der Waals surface area (Å²) in [5.74, 6) is -0.777. The highest BCUT2D eigenvalue weighted by atomic mass is 32.2. The first-order chi connectivity index (χ1) is 26.9. The first-order valence-corrected chi connectivity index (χ1v) is 19.1. The van der Waals surface area contributed by atoms with Gasteiger partial charge in [-0.25, -0.2) is 23.8 Å². The van der Waals surface area contributed by atoms with E-state index in [-0.39, 0.29) is 50.0 Å². The molecular formula is C39H45N4O12S+. The fourth-order valence-corrected chi connectivity index (χ4v) is 6.41. The minimum absolute atomic E-state index is 0.0304. The maximum atomic E-state index is 12.6. The SMILES string of the molecule is C=CC(=O)OCCNC(=O)OCCN(CC)c1ccc2c(-c3ccccc3S(=O)(=O)O)c3cc/c(=[N+](/CC)CCOC(=O)NCCOC(=O)C=C)cc-3oc2c1. The minimum atomic E-state index is -4.62. The van der Waals surface area contributed by atoms with Crippen LogP contribution in [-0.4, -0.2) is 103 Å². The van der Waals surface area contributed by atoms with E-state index in [2.05, 4.69) is 23.8 Å². The van der Waals surface area contributed by atoms with Gasteiger partial charge in [0, 0.05) is 58.6 Å². The maximum Gasteiger partial charge on any atom is 0.407 e. The standard InChI is InChI=1S/C39H44N4O12S/c1-5-35(44)51-21-17-40-38(46)53-23-19-42(7-3)27-13-15-29-32(25-27)55-33-26-28(43(8-4)20-24-54-39(47)41-18-22-52-36(45)6-2)14-16-30(33)37(29)31-11-9-10-12-34(31)56(48,49)50/h5-6,9-16,25-26H,1-2,7-8,17-24H2,3-4H3,(H2-,40,41,46,47,48,49,50)/p+1. The van der Waals surface area contributed by atoms with Gasteiger partial charge in [-0.05, 0) is 38.1 Å². The topological polar surface area (TPSA) is 203 Å². The van der Waals surface area contributed by atoms with Crippen molar-refractivity contribution in [3.8, 4) is 22.5 Å². The molecule has 0 bridgehead atoms. The molecule has 0 aromatic heterocycles. The van der Waals surface area contributed by atoms with Crippen molar-refractivity contribution in [3.63, 3.8) is 0 Å². The molecule has 16 nitrogen and oxygen atoms in total. The predicted octanol–water partition coefficient (Wildman–Crippen LogP) is 3.98. The van der Waals surface area contributed by atoms with E-state index in [9.17, 15) is 32.1 Å². The van der Waals surface area contributed by atoms with Crippen LogP contribution in [0.5, 0.6) is 0 Å². The Morgan fingerprint density at radius 1 is 0.821 bits per heavy atom. The van der Waals surface area contributed by atoms with Gasteiger partial charge in [0.15, 0.2) is 13.2 Å². The summed E-state index contributed by atoms with van der Waals surface area (Å²) >= 11 is 0. The average molecular weight is 794 g/mol. The van der Waals surface area contributed by atoms with Crippen LogP contribution in [0.3, 0.4) is 0 Å². The monoisotopic (exact) mass is 793 g/mol. The molecule has 0 spiro atoms. The van der Waals surface area contributed by atoms with E-state index in [4.69, 9.17) is 23.4 Å². The van der Waals surface area contributed by atoms with Crippen LogP contribution < -0.4 is 25.5 Å². The summed E-state index contributed by atoms with van der Waals surface area (Å²) in [6, 6.07) is 17.1. The molecule has 1 aliphatic carbocycles. The van der Waals surface area contributed by atoms with E-state index in [0.29, 0.717) is 54.0 Å². The predicted molar refractivity (Wildman–Crippen MR) is 208 cm³/mol. The van der Waals surface area contributed by atoms with Crippen LogP contribution in [0.4, 0.5) is 15.3 Å². The van der Waals surface area contributed by atoms with Gasteiger partial charge in [-0.15, -0.1) is 0 Å². The molecule has 0 atom stereocenters. The molecule has 0 radical (unpaired) electrons. The molecule has 56 heavy (non-hydrogen) atoms. The lowest BCUT2D eigenvalue weighted by molar-refractivity contribution is -0.138. The average Bonchev–Trinajstić information content (AvgIpc) is 3.19. The van der Waals surface area contributed by atoms with E-state index >= 15 is 0 Å². The highest BCUT2D eigenvalue weighted by Gasteiger charge is 2.24. The first-order valence-electron chi connectivity index (χ1n) is 17.7. The molecule has 4 rings (SSSR count). The van der Waals surface area contributed by atoms with Gasteiger partial charge in [-0.2, -0.15) is 8.42 Å². The molecule has 298 valence electrons. The van der Waals surface area contributed by atoms with Crippen molar-refractivity contribution < 1.29 is 55.5 Å². The molecular weight excluding hydrogens is 749 g/mol. The number of nitrogens with one attached hydrogen (secondary N) is 2. The fourth-order valence-electron chi connectivity index (χ4n) is 5.72. The Bertz CT molecular complexity index is 2220. The van der Waals surface area contributed by atoms with Gasteiger partial charge in [-0.3, -0.25) is 4.55 Å². The third-order valence-corrected chi connectivity index (χ3v) is 9.28. The van der Waals surface area contributed by atoms with Crippen LogP contribution >= 0.6 is 0 Å². The number of alkyl carbamates (subject to hydrolysis) is 2. The van der Waals surface area contributed by atoms with Crippen molar-refractivity contribution in [1.82, 2.24) is 15.2 Å². The molecule has 0 saturated carbocycles. The number of likely N-dealkylation sites (N-methyl/N-ethyl adjacent to an activating group) is 2. The largest absolute Gasteiger partial charge is 0.461 e. The minimum Gasteiger partial charge on any atom is -0.461 e. The molecule has 0 unspecified atom stereocenters. The van der Waals surface area contributed by atoms with E-state index < -0.39 is 34.2 Å². The number of fused-ring (bicyclic) bond motifs is 2. The molecule has 0 saturated heterocycles. The zero-order valence-electron chi connectivity index (χ0n) is 31.2. The van der Waals surface area contributed by atoms with Gasteiger partial charge >= 0.3 is 24.1 Å². The number of rotatable bonds is 19. The molecule has 1 aliphatic heterocycles. The quantitative estimate of drug-likeness (QED) is 0.0234. The zero-order valence-corrected chi connectivity index (χ0v) is 32.0. The lowest BCUT2D eigenvalue weighted by Gasteiger charge is -2.24. The Morgan fingerprint density at radius 3 is 2.07 bits per heavy atom. The number of amides is 2. The Labute approximate surface area is 324 Å². The number of nitrogens with zero attached hydrogens (tertiary/aromatic N) is 2. The number of hydrogen-bond donors (Lipinski definition) is 3. The molecule has 1 heterocycles. The molecule has 17 heteroatoms. The van der Waals surface area contributed by atoms with Crippen LogP contribution in [0.2, 0.25) is 0 Å². The number of anilines is 1. The Kier molecular flexibility index (Phi) is 15.6. The van der Waals surface area contributed by atoms with Crippen molar-refractivity contribution in [1.29, 1.82) is 0 Å². The number of benzene rings is 3. The summed E-state index contributed by atoms with van der Waals surface area (Å²) in [5.41, 5.74) is 2.54. The summed E-state index contributed by atoms with van der Waals surface area (Å²) in [6.45, 7) is 12.4. The van der Waals surface area contributed by atoms with E-state index in [1.165, 1.54) is 12.1 Å². The highest BCUT2D eigenvalue weighted by molar-refractivity contribution is 7.86. The second kappa shape index (κ2) is 20.5. The fraction of sp³-hybridized carbons (Fsp3) is 0.308. The highest BCUT2D eigenvalue weighted by Crippen LogP contribution is 2.42. The number of esters is 2. The van der Waals surface area contributed by atoms with Crippen molar-refractivity contribution in [2.24, 2.45) is 0 Å². The van der Waals surface area contributed by atoms with Crippen molar-refractivity contribution >= 4 is 50.9 Å². The Balaban J connectivity index is 1.65. The van der Waals surface area contributed by atoms with Gasteiger partial charge in [-0.1, -0.05) is 31.4 Å². The molecule has 2 amide bonds. The molecule has 2 aromatic carbocycles. The van der Waals surface area contributed by atoms with Crippen molar-refractivity contribution in [2.45, 2.75) is 18.7 Å². The van der Waals surface area contributed by atoms with E-state index in [0.717, 1.165) is 23.2 Å². The van der Waals surface area contributed by atoms with E-state index in [1.54, 1.807) is 24.3 Å². The second-order valence-corrected chi connectivity index (χ2v) is 13.2. The van der Waals surface area contributed by atoms with Crippen LogP contribution in [0, 0.1) is 0 Å². The van der Waals surface area contributed by atoms with Crippen LogP contribution in [0.25, 0.3) is 33.4 Å². The Morgan fingerprint density at radius 2 is 1.46 bits per heavy atom. The molecule has 2 aliphatic rings. The number of carbonyl (C=O) groups excluding carboxylic acids is 4. The van der Waals surface area contributed by atoms with Crippen LogP contribution in [-0.2, 0) is 38.7 Å². The zero-order chi connectivity index (χ0) is 40.7. The lowest BCUT2D eigenvalue weighted by Crippen LogP contribution is -2.35. The van der Waals surface area contributed by atoms with Gasteiger partial charge in [0.25, 0.3) is 10.1 Å². The third kappa shape index (κ3) is 11.6. The van der Waals surface area contributed by atoms with Crippen LogP contribution in [0.15, 0.2) is 95.3 Å². The summed E-state index contributed by atoms with van der Waals surface area (Å²) in [5, 5.41) is 6.33. The Hall–Kier alpha value is -6.20. The number of ether oxygens (including phenoxy) is 4. The lowest BCUT2D eigenvalue weighted by atomic mass is 9.93. The maximum absolute atomic E-state index is 12.6. The smallest absolute Gasteiger partial charge is 0.407 e. The molecule has 2 aromatic rings. The van der Waals surface area contributed by atoms with Crippen molar-refractivity contribution in [2.75, 3.05) is 70.6 Å². The van der Waals surface area contributed by atoms with Crippen molar-refractivity contribution in [3.05, 3.63) is 91.3 Å². The summed E-state index contributed by atoms with van der Waals surface area (Å²) in [7, 11) is -4.62. The summed E-state index contributed by atoms with van der Waals surface area (Å²) in [6.07, 6.45) is 0.708. The second-order valence-electron chi connectivity index (χ2n) is 11.8. The van der Waals surface area contributed by atoms with Gasteiger partial charge in [0.2, 0.25) is 5.36 Å². The van der Waals surface area contributed by atoms with Gasteiger partial charge in [0.05, 0.1) is 25.7 Å². The molecule has 3 N–H and O–H groups in total. The van der Waals surface area contributed by atoms with Gasteiger partial charge in [0.1, 0.15) is 42.6 Å². The summed E-state index contributed by atoms with van der Waals surface area (Å²) < 4.78 is 64.1. The van der Waals surface area contributed by atoms with Crippen LogP contribution in [0.1, 0.15) is 13.8 Å².